The predicted molar refractivity (Wildman–Crippen MR) is 112 cm³/mol. The van der Waals surface area contributed by atoms with Gasteiger partial charge in [0.05, 0.1) is 17.6 Å². The van der Waals surface area contributed by atoms with E-state index in [1.54, 1.807) is 6.07 Å². The van der Waals surface area contributed by atoms with Crippen LogP contribution in [0.15, 0.2) is 60.7 Å². The third-order valence-electron chi connectivity index (χ3n) is 5.74. The van der Waals surface area contributed by atoms with Crippen LogP contribution in [-0.2, 0) is 23.0 Å². The van der Waals surface area contributed by atoms with Crippen molar-refractivity contribution < 1.29 is 33.3 Å². The SMILES string of the molecule is O=C(Nc1ccc(C(F)(F)F)c(-c2ccc(CO)cc2)c1)C1(c2ccc(O)c(O)c2)CC1. The highest BCUT2D eigenvalue weighted by Gasteiger charge is 2.51. The van der Waals surface area contributed by atoms with Gasteiger partial charge in [-0.1, -0.05) is 30.3 Å². The maximum atomic E-state index is 13.6. The Bertz CT molecular complexity index is 1170. The van der Waals surface area contributed by atoms with Crippen molar-refractivity contribution in [2.24, 2.45) is 0 Å². The lowest BCUT2D eigenvalue weighted by Crippen LogP contribution is -2.27. The number of aliphatic hydroxyl groups is 1. The van der Waals surface area contributed by atoms with Gasteiger partial charge in [0.25, 0.3) is 0 Å². The molecule has 4 N–H and O–H groups in total. The van der Waals surface area contributed by atoms with Gasteiger partial charge in [-0.2, -0.15) is 13.2 Å². The van der Waals surface area contributed by atoms with Crippen molar-refractivity contribution in [3.63, 3.8) is 0 Å². The van der Waals surface area contributed by atoms with Gasteiger partial charge in [0.15, 0.2) is 11.5 Å². The Morgan fingerprint density at radius 2 is 1.62 bits per heavy atom. The van der Waals surface area contributed by atoms with Crippen molar-refractivity contribution in [2.75, 3.05) is 5.32 Å². The van der Waals surface area contributed by atoms with Crippen LogP contribution in [0.2, 0.25) is 0 Å². The number of carbonyl (C=O) groups is 1. The van der Waals surface area contributed by atoms with E-state index in [4.69, 9.17) is 0 Å². The minimum atomic E-state index is -4.59. The molecule has 1 amide bonds. The average molecular weight is 443 g/mol. The summed E-state index contributed by atoms with van der Waals surface area (Å²) in [6.07, 6.45) is -3.56. The van der Waals surface area contributed by atoms with Crippen LogP contribution < -0.4 is 5.32 Å². The van der Waals surface area contributed by atoms with Gasteiger partial charge in [0, 0.05) is 5.69 Å². The van der Waals surface area contributed by atoms with Crippen molar-refractivity contribution in [1.82, 2.24) is 0 Å². The molecule has 0 radical (unpaired) electrons. The van der Waals surface area contributed by atoms with Crippen LogP contribution >= 0.6 is 0 Å². The van der Waals surface area contributed by atoms with E-state index in [-0.39, 0.29) is 29.4 Å². The van der Waals surface area contributed by atoms with Gasteiger partial charge < -0.3 is 20.6 Å². The minimum Gasteiger partial charge on any atom is -0.504 e. The highest BCUT2D eigenvalue weighted by Crippen LogP contribution is 2.50. The van der Waals surface area contributed by atoms with Gasteiger partial charge >= 0.3 is 6.18 Å². The first kappa shape index (κ1) is 21.7. The lowest BCUT2D eigenvalue weighted by Gasteiger charge is -2.19. The van der Waals surface area contributed by atoms with E-state index in [9.17, 15) is 33.3 Å². The highest BCUT2D eigenvalue weighted by atomic mass is 19.4. The molecule has 0 unspecified atom stereocenters. The van der Waals surface area contributed by atoms with Gasteiger partial charge in [-0.3, -0.25) is 4.79 Å². The van der Waals surface area contributed by atoms with Crippen LogP contribution in [0.25, 0.3) is 11.1 Å². The summed E-state index contributed by atoms with van der Waals surface area (Å²) < 4.78 is 40.8. The van der Waals surface area contributed by atoms with E-state index < -0.39 is 23.1 Å². The van der Waals surface area contributed by atoms with E-state index in [0.717, 1.165) is 6.07 Å². The van der Waals surface area contributed by atoms with Crippen LogP contribution in [0, 0.1) is 0 Å². The number of carbonyl (C=O) groups excluding carboxylic acids is 1. The van der Waals surface area contributed by atoms with E-state index in [1.807, 2.05) is 0 Å². The number of anilines is 1. The molecule has 0 spiro atoms. The third-order valence-corrected chi connectivity index (χ3v) is 5.74. The first-order valence-corrected chi connectivity index (χ1v) is 9.89. The largest absolute Gasteiger partial charge is 0.504 e. The van der Waals surface area contributed by atoms with E-state index in [2.05, 4.69) is 5.32 Å². The lowest BCUT2D eigenvalue weighted by molar-refractivity contribution is -0.137. The van der Waals surface area contributed by atoms with E-state index in [1.165, 1.54) is 48.5 Å². The average Bonchev–Trinajstić information content (AvgIpc) is 3.57. The molecule has 1 saturated carbocycles. The number of phenols is 2. The molecule has 5 nitrogen and oxygen atoms in total. The molecule has 8 heteroatoms. The number of alkyl halides is 3. The van der Waals surface area contributed by atoms with Crippen LogP contribution in [0.3, 0.4) is 0 Å². The molecule has 0 aromatic heterocycles. The Morgan fingerprint density at radius 1 is 0.938 bits per heavy atom. The van der Waals surface area contributed by atoms with Gasteiger partial charge in [0.2, 0.25) is 5.91 Å². The van der Waals surface area contributed by atoms with Crippen molar-refractivity contribution in [3.05, 3.63) is 77.4 Å². The molecule has 1 aliphatic rings. The quantitative estimate of drug-likeness (QED) is 0.420. The van der Waals surface area contributed by atoms with Crippen molar-refractivity contribution in [1.29, 1.82) is 0 Å². The molecular weight excluding hydrogens is 423 g/mol. The Morgan fingerprint density at radius 3 is 2.19 bits per heavy atom. The second-order valence-corrected chi connectivity index (χ2v) is 7.85. The molecule has 0 aliphatic heterocycles. The zero-order chi connectivity index (χ0) is 23.1. The summed E-state index contributed by atoms with van der Waals surface area (Å²) in [6, 6.07) is 13.6. The van der Waals surface area contributed by atoms with E-state index in [0.29, 0.717) is 29.5 Å². The van der Waals surface area contributed by atoms with Crippen LogP contribution in [0.4, 0.5) is 18.9 Å². The zero-order valence-electron chi connectivity index (χ0n) is 16.8. The smallest absolute Gasteiger partial charge is 0.417 e. The number of amides is 1. The first-order valence-electron chi connectivity index (χ1n) is 9.89. The summed E-state index contributed by atoms with van der Waals surface area (Å²) in [5.41, 5.74) is -0.231. The fourth-order valence-electron chi connectivity index (χ4n) is 3.74. The molecule has 1 aliphatic carbocycles. The normalized spacial score (nSPS) is 14.8. The number of phenolic OH excluding ortho intramolecular Hbond substituents is 2. The summed E-state index contributed by atoms with van der Waals surface area (Å²) in [6.45, 7) is -0.225. The second-order valence-electron chi connectivity index (χ2n) is 7.85. The topological polar surface area (TPSA) is 89.8 Å². The van der Waals surface area contributed by atoms with Crippen molar-refractivity contribution in [3.8, 4) is 22.6 Å². The Balaban J connectivity index is 1.67. The van der Waals surface area contributed by atoms with Gasteiger partial charge in [-0.15, -0.1) is 0 Å². The molecular formula is C24H20F3NO4. The Labute approximate surface area is 181 Å². The summed E-state index contributed by atoms with van der Waals surface area (Å²) in [4.78, 5) is 13.0. The molecule has 0 atom stereocenters. The monoisotopic (exact) mass is 443 g/mol. The van der Waals surface area contributed by atoms with Crippen molar-refractivity contribution in [2.45, 2.75) is 31.0 Å². The minimum absolute atomic E-state index is 0.0908. The van der Waals surface area contributed by atoms with Gasteiger partial charge in [-0.05, 0) is 65.4 Å². The molecule has 0 saturated heterocycles. The number of aliphatic hydroxyl groups excluding tert-OH is 1. The Hall–Kier alpha value is -3.52. The summed E-state index contributed by atoms with van der Waals surface area (Å²) in [7, 11) is 0. The molecule has 0 heterocycles. The fourth-order valence-corrected chi connectivity index (χ4v) is 3.74. The maximum absolute atomic E-state index is 13.6. The highest BCUT2D eigenvalue weighted by molar-refractivity contribution is 6.02. The molecule has 4 rings (SSSR count). The molecule has 166 valence electrons. The molecule has 32 heavy (non-hydrogen) atoms. The molecule has 3 aromatic carbocycles. The standard InChI is InChI=1S/C24H20F3NO4/c25-24(26,27)19-7-6-17(12-18(19)15-3-1-14(13-29)2-4-15)28-22(32)23(9-10-23)16-5-8-20(30)21(31)11-16/h1-8,11-12,29-31H,9-10,13H2,(H,28,32). The number of rotatable bonds is 5. The number of aromatic hydroxyl groups is 2. The number of hydrogen-bond acceptors (Lipinski definition) is 4. The van der Waals surface area contributed by atoms with Gasteiger partial charge in [-0.25, -0.2) is 0 Å². The number of benzene rings is 3. The fraction of sp³-hybridized carbons (Fsp3) is 0.208. The van der Waals surface area contributed by atoms with E-state index >= 15 is 0 Å². The predicted octanol–water partition coefficient (Wildman–Crippen LogP) is 4.95. The number of nitrogens with one attached hydrogen (secondary N) is 1. The number of hydrogen-bond donors (Lipinski definition) is 4. The van der Waals surface area contributed by atoms with Gasteiger partial charge in [0.1, 0.15) is 0 Å². The number of halogens is 3. The first-order chi connectivity index (χ1) is 15.1. The van der Waals surface area contributed by atoms with Crippen LogP contribution in [-0.4, -0.2) is 21.2 Å². The summed E-state index contributed by atoms with van der Waals surface area (Å²) >= 11 is 0. The Kier molecular flexibility index (Phi) is 5.34. The zero-order valence-corrected chi connectivity index (χ0v) is 16.8. The summed E-state index contributed by atoms with van der Waals surface area (Å²) in [5.74, 6) is -1.04. The molecule has 3 aromatic rings. The second kappa shape index (κ2) is 7.87. The third kappa shape index (κ3) is 4.01. The molecule has 0 bridgehead atoms. The lowest BCUT2D eigenvalue weighted by atomic mass is 9.94. The van der Waals surface area contributed by atoms with Crippen molar-refractivity contribution >= 4 is 11.6 Å². The van der Waals surface area contributed by atoms with Crippen LogP contribution in [0.1, 0.15) is 29.5 Å². The van der Waals surface area contributed by atoms with Crippen LogP contribution in [0.5, 0.6) is 11.5 Å². The maximum Gasteiger partial charge on any atom is 0.417 e. The summed E-state index contributed by atoms with van der Waals surface area (Å²) in [5, 5.41) is 31.2. The molecule has 1 fully saturated rings.